The first-order valence-corrected chi connectivity index (χ1v) is 7.89. The lowest BCUT2D eigenvalue weighted by molar-refractivity contribution is -0.384. The Bertz CT molecular complexity index is 836. The molecule has 1 amide bonds. The van der Waals surface area contributed by atoms with E-state index in [0.717, 1.165) is 10.0 Å². The summed E-state index contributed by atoms with van der Waals surface area (Å²) in [4.78, 5) is 22.4. The van der Waals surface area contributed by atoms with Crippen molar-refractivity contribution in [1.82, 2.24) is 0 Å². The zero-order chi connectivity index (χ0) is 18.4. The third-order valence-corrected chi connectivity index (χ3v) is 3.75. The molecule has 2 rings (SSSR count). The molecular formula is C17H15BrN2O5. The molecule has 0 aromatic heterocycles. The molecule has 0 unspecified atom stereocenters. The van der Waals surface area contributed by atoms with Crippen LogP contribution in [0.2, 0.25) is 0 Å². The Morgan fingerprint density at radius 2 is 1.88 bits per heavy atom. The molecule has 0 spiro atoms. The highest BCUT2D eigenvalue weighted by Crippen LogP contribution is 2.29. The highest BCUT2D eigenvalue weighted by Gasteiger charge is 2.12. The van der Waals surface area contributed by atoms with Crippen LogP contribution >= 0.6 is 15.9 Å². The van der Waals surface area contributed by atoms with Gasteiger partial charge in [0.05, 0.1) is 30.9 Å². The number of hydrogen-bond donors (Lipinski definition) is 1. The molecule has 2 aromatic carbocycles. The lowest BCUT2D eigenvalue weighted by Gasteiger charge is -2.08. The molecule has 8 heteroatoms. The van der Waals surface area contributed by atoms with Gasteiger partial charge in [0.15, 0.2) is 0 Å². The third-order valence-electron chi connectivity index (χ3n) is 3.26. The summed E-state index contributed by atoms with van der Waals surface area (Å²) in [5, 5.41) is 13.4. The maximum atomic E-state index is 12.1. The van der Waals surface area contributed by atoms with Gasteiger partial charge in [-0.05, 0) is 30.3 Å². The fraction of sp³-hybridized carbons (Fsp3) is 0.118. The highest BCUT2D eigenvalue weighted by molar-refractivity contribution is 9.10. The van der Waals surface area contributed by atoms with Gasteiger partial charge in [-0.2, -0.15) is 0 Å². The van der Waals surface area contributed by atoms with E-state index in [1.807, 2.05) is 12.1 Å². The van der Waals surface area contributed by atoms with Crippen LogP contribution in [0.5, 0.6) is 11.5 Å². The van der Waals surface area contributed by atoms with Gasteiger partial charge in [-0.15, -0.1) is 0 Å². The van der Waals surface area contributed by atoms with E-state index in [4.69, 9.17) is 9.47 Å². The Labute approximate surface area is 152 Å². The minimum absolute atomic E-state index is 0.121. The second-order valence-electron chi connectivity index (χ2n) is 4.85. The molecule has 0 aliphatic heterocycles. The number of carbonyl (C=O) groups is 1. The van der Waals surface area contributed by atoms with Crippen LogP contribution in [0.15, 0.2) is 46.9 Å². The lowest BCUT2D eigenvalue weighted by Crippen LogP contribution is -2.09. The first-order chi connectivity index (χ1) is 11.9. The van der Waals surface area contributed by atoms with Crippen LogP contribution in [0.3, 0.4) is 0 Å². The summed E-state index contributed by atoms with van der Waals surface area (Å²) < 4.78 is 11.2. The van der Waals surface area contributed by atoms with Gasteiger partial charge in [-0.3, -0.25) is 14.9 Å². The predicted octanol–water partition coefficient (Wildman–Crippen LogP) is 4.03. The molecule has 0 saturated carbocycles. The van der Waals surface area contributed by atoms with Crippen LogP contribution in [-0.4, -0.2) is 25.1 Å². The van der Waals surface area contributed by atoms with Crippen molar-refractivity contribution in [3.63, 3.8) is 0 Å². The monoisotopic (exact) mass is 406 g/mol. The fourth-order valence-electron chi connectivity index (χ4n) is 2.07. The smallest absolute Gasteiger partial charge is 0.273 e. The Kier molecular flexibility index (Phi) is 6.13. The molecule has 0 aliphatic rings. The van der Waals surface area contributed by atoms with Crippen molar-refractivity contribution in [2.75, 3.05) is 19.5 Å². The summed E-state index contributed by atoms with van der Waals surface area (Å²) in [6.07, 6.45) is 2.95. The second kappa shape index (κ2) is 8.29. The average Bonchev–Trinajstić information content (AvgIpc) is 2.60. The topological polar surface area (TPSA) is 90.7 Å². The van der Waals surface area contributed by atoms with Gasteiger partial charge in [0.2, 0.25) is 5.91 Å². The summed E-state index contributed by atoms with van der Waals surface area (Å²) in [5.41, 5.74) is 0.941. The minimum Gasteiger partial charge on any atom is -0.496 e. The molecule has 130 valence electrons. The maximum absolute atomic E-state index is 12.1. The van der Waals surface area contributed by atoms with Crippen molar-refractivity contribution in [3.05, 3.63) is 62.6 Å². The van der Waals surface area contributed by atoms with Crippen molar-refractivity contribution in [2.45, 2.75) is 0 Å². The summed E-state index contributed by atoms with van der Waals surface area (Å²) in [7, 11) is 2.92. The van der Waals surface area contributed by atoms with E-state index < -0.39 is 10.8 Å². The molecule has 0 saturated heterocycles. The van der Waals surface area contributed by atoms with Gasteiger partial charge in [0.1, 0.15) is 11.5 Å². The zero-order valence-corrected chi connectivity index (χ0v) is 15.1. The Hall–Kier alpha value is -2.87. The first kappa shape index (κ1) is 18.5. The number of anilines is 1. The molecule has 2 aromatic rings. The van der Waals surface area contributed by atoms with Crippen LogP contribution in [0.25, 0.3) is 6.08 Å². The Balaban J connectivity index is 2.18. The second-order valence-corrected chi connectivity index (χ2v) is 5.77. The van der Waals surface area contributed by atoms with Crippen LogP contribution in [-0.2, 0) is 4.79 Å². The van der Waals surface area contributed by atoms with Crippen molar-refractivity contribution >= 4 is 39.3 Å². The van der Waals surface area contributed by atoms with Gasteiger partial charge < -0.3 is 14.8 Å². The molecule has 0 fully saturated rings. The van der Waals surface area contributed by atoms with Crippen molar-refractivity contribution in [2.24, 2.45) is 0 Å². The number of non-ortho nitro benzene ring substituents is 1. The SMILES string of the molecule is COc1ccc(Br)cc1/C=C\C(=O)Nc1ccc([N+](=O)[O-])cc1OC. The van der Waals surface area contributed by atoms with Gasteiger partial charge >= 0.3 is 0 Å². The zero-order valence-electron chi connectivity index (χ0n) is 13.5. The molecule has 0 heterocycles. The van der Waals surface area contributed by atoms with Crippen LogP contribution in [0.1, 0.15) is 5.56 Å². The van der Waals surface area contributed by atoms with E-state index in [9.17, 15) is 14.9 Å². The molecule has 0 radical (unpaired) electrons. The number of nitrogens with one attached hydrogen (secondary N) is 1. The molecule has 25 heavy (non-hydrogen) atoms. The molecule has 1 N–H and O–H groups in total. The lowest BCUT2D eigenvalue weighted by atomic mass is 10.2. The number of nitro benzene ring substituents is 1. The van der Waals surface area contributed by atoms with Crippen LogP contribution in [0.4, 0.5) is 11.4 Å². The number of benzene rings is 2. The number of halogens is 1. The van der Waals surface area contributed by atoms with Gasteiger partial charge in [-0.25, -0.2) is 0 Å². The van der Waals surface area contributed by atoms with Crippen molar-refractivity contribution < 1.29 is 19.2 Å². The summed E-state index contributed by atoms with van der Waals surface area (Å²) in [6, 6.07) is 9.38. The van der Waals surface area contributed by atoms with Gasteiger partial charge in [-0.1, -0.05) is 15.9 Å². The molecule has 0 aliphatic carbocycles. The number of hydrogen-bond acceptors (Lipinski definition) is 5. The summed E-state index contributed by atoms with van der Waals surface area (Å²) in [5.74, 6) is 0.422. The van der Waals surface area contributed by atoms with Crippen LogP contribution in [0, 0.1) is 10.1 Å². The summed E-state index contributed by atoms with van der Waals surface area (Å²) in [6.45, 7) is 0. The van der Waals surface area contributed by atoms with E-state index in [0.29, 0.717) is 11.4 Å². The average molecular weight is 407 g/mol. The van der Waals surface area contributed by atoms with Crippen LogP contribution < -0.4 is 14.8 Å². The fourth-order valence-corrected chi connectivity index (χ4v) is 2.45. The molecule has 0 atom stereocenters. The standard InChI is InChI=1S/C17H15BrN2O5/c1-24-15-7-4-12(18)9-11(15)3-8-17(21)19-14-6-5-13(20(22)23)10-16(14)25-2/h3-10H,1-2H3,(H,19,21)/b8-3-. The molecule has 0 bridgehead atoms. The van der Waals surface area contributed by atoms with E-state index in [-0.39, 0.29) is 11.4 Å². The Morgan fingerprint density at radius 1 is 1.16 bits per heavy atom. The number of nitrogens with zero attached hydrogens (tertiary/aromatic N) is 1. The van der Waals surface area contributed by atoms with E-state index in [1.54, 1.807) is 19.3 Å². The number of carbonyl (C=O) groups excluding carboxylic acids is 1. The predicted molar refractivity (Wildman–Crippen MR) is 98.0 cm³/mol. The number of amides is 1. The van der Waals surface area contributed by atoms with Gasteiger partial charge in [0.25, 0.3) is 5.69 Å². The number of methoxy groups -OCH3 is 2. The van der Waals surface area contributed by atoms with Crippen molar-refractivity contribution in [3.8, 4) is 11.5 Å². The number of nitro groups is 1. The van der Waals surface area contributed by atoms with E-state index >= 15 is 0 Å². The maximum Gasteiger partial charge on any atom is 0.273 e. The van der Waals surface area contributed by atoms with Gasteiger partial charge in [0, 0.05) is 22.2 Å². The van der Waals surface area contributed by atoms with E-state index in [1.165, 1.54) is 31.4 Å². The first-order valence-electron chi connectivity index (χ1n) is 7.09. The highest BCUT2D eigenvalue weighted by atomic mass is 79.9. The van der Waals surface area contributed by atoms with E-state index in [2.05, 4.69) is 21.2 Å². The normalized spacial score (nSPS) is 10.5. The Morgan fingerprint density at radius 3 is 2.52 bits per heavy atom. The minimum atomic E-state index is -0.534. The third kappa shape index (κ3) is 4.80. The number of rotatable bonds is 6. The number of ether oxygens (including phenoxy) is 2. The molecule has 7 nitrogen and oxygen atoms in total. The molecular weight excluding hydrogens is 392 g/mol. The summed E-state index contributed by atoms with van der Waals surface area (Å²) >= 11 is 3.36. The quantitative estimate of drug-likeness (QED) is 0.444. The largest absolute Gasteiger partial charge is 0.496 e. The van der Waals surface area contributed by atoms with Crippen molar-refractivity contribution in [1.29, 1.82) is 0 Å².